The van der Waals surface area contributed by atoms with E-state index in [0.717, 1.165) is 21.4 Å². The molecule has 0 aliphatic heterocycles. The third-order valence-corrected chi connectivity index (χ3v) is 4.97. The highest BCUT2D eigenvalue weighted by Gasteiger charge is 2.17. The van der Waals surface area contributed by atoms with Crippen molar-refractivity contribution in [3.63, 3.8) is 0 Å². The van der Waals surface area contributed by atoms with E-state index in [9.17, 15) is 9.90 Å². The van der Waals surface area contributed by atoms with Crippen LogP contribution in [0.5, 0.6) is 0 Å². The molecule has 2 aromatic rings. The molecule has 0 spiro atoms. The Morgan fingerprint density at radius 3 is 2.89 bits per heavy atom. The number of carboxylic acids is 1. The molecule has 0 fully saturated rings. The van der Waals surface area contributed by atoms with E-state index in [1.807, 2.05) is 24.3 Å². The minimum atomic E-state index is -0.837. The van der Waals surface area contributed by atoms with Crippen LogP contribution in [0.3, 0.4) is 0 Å². The fourth-order valence-corrected chi connectivity index (χ4v) is 3.71. The van der Waals surface area contributed by atoms with Crippen molar-refractivity contribution in [2.75, 3.05) is 12.0 Å². The lowest BCUT2D eigenvalue weighted by Crippen LogP contribution is -2.28. The van der Waals surface area contributed by atoms with Crippen LogP contribution in [-0.2, 0) is 6.54 Å². The molecule has 5 heteroatoms. The van der Waals surface area contributed by atoms with Crippen LogP contribution in [0.1, 0.15) is 22.2 Å². The number of benzene rings is 1. The molecule has 0 bridgehead atoms. The van der Waals surface area contributed by atoms with Gasteiger partial charge in [0.05, 0.1) is 0 Å². The maximum atomic E-state index is 11.3. The van der Waals surface area contributed by atoms with Gasteiger partial charge in [-0.25, -0.2) is 4.79 Å². The first-order valence-corrected chi connectivity index (χ1v) is 8.30. The largest absolute Gasteiger partial charge is 0.477 e. The van der Waals surface area contributed by atoms with E-state index in [0.29, 0.717) is 17.5 Å². The number of aromatic carboxylic acids is 1. The highest BCUT2D eigenvalue weighted by atomic mass is 32.2. The van der Waals surface area contributed by atoms with Gasteiger partial charge in [0.2, 0.25) is 0 Å². The Kier molecular flexibility index (Phi) is 4.85. The maximum absolute atomic E-state index is 11.3. The van der Waals surface area contributed by atoms with Gasteiger partial charge in [-0.05, 0) is 30.2 Å². The molecule has 1 unspecified atom stereocenters. The predicted octanol–water partition coefficient (Wildman–Crippen LogP) is 3.44. The molecule has 0 amide bonds. The van der Waals surface area contributed by atoms with Crippen molar-refractivity contribution < 1.29 is 9.90 Å². The van der Waals surface area contributed by atoms with Crippen molar-refractivity contribution in [1.29, 1.82) is 0 Å². The topological polar surface area (TPSA) is 49.3 Å². The van der Waals surface area contributed by atoms with Crippen LogP contribution in [-0.4, -0.2) is 29.1 Å². The van der Waals surface area contributed by atoms with E-state index in [1.54, 1.807) is 11.8 Å². The van der Waals surface area contributed by atoms with Crippen molar-refractivity contribution in [1.82, 2.24) is 5.32 Å². The molecule has 0 aliphatic rings. The number of fused-ring (bicyclic) bond motifs is 1. The quantitative estimate of drug-likeness (QED) is 0.857. The smallest absolute Gasteiger partial charge is 0.346 e. The molecule has 0 saturated heterocycles. The van der Waals surface area contributed by atoms with Gasteiger partial charge in [-0.1, -0.05) is 18.2 Å². The standard InChI is InChI=1S/C14H17NO2S2/c1-9(8-18-2)15-7-11-10-5-3-4-6-12(10)19-13(11)14(16)17/h3-6,9,15H,7-8H2,1-2H3,(H,16,17). The fourth-order valence-electron chi connectivity index (χ4n) is 2.03. The molecule has 102 valence electrons. The molecule has 1 heterocycles. The van der Waals surface area contributed by atoms with Gasteiger partial charge >= 0.3 is 5.97 Å². The van der Waals surface area contributed by atoms with Crippen molar-refractivity contribution in [2.45, 2.75) is 19.5 Å². The van der Waals surface area contributed by atoms with E-state index in [2.05, 4.69) is 18.5 Å². The number of nitrogens with one attached hydrogen (secondary N) is 1. The predicted molar refractivity (Wildman–Crippen MR) is 83.5 cm³/mol. The molecule has 1 aromatic carbocycles. The molecule has 0 aliphatic carbocycles. The molecule has 2 N–H and O–H groups in total. The first-order valence-electron chi connectivity index (χ1n) is 6.09. The zero-order valence-corrected chi connectivity index (χ0v) is 12.6. The van der Waals surface area contributed by atoms with Gasteiger partial charge in [0.15, 0.2) is 0 Å². The van der Waals surface area contributed by atoms with Gasteiger partial charge in [0, 0.05) is 23.0 Å². The number of hydrogen-bond donors (Lipinski definition) is 2. The molecular formula is C14H17NO2S2. The average molecular weight is 295 g/mol. The Labute approximate surface area is 121 Å². The molecule has 1 atom stereocenters. The SMILES string of the molecule is CSCC(C)NCc1c(C(=O)O)sc2ccccc12. The molecule has 2 rings (SSSR count). The average Bonchev–Trinajstić information content (AvgIpc) is 2.75. The number of thioether (sulfide) groups is 1. The molecule has 19 heavy (non-hydrogen) atoms. The summed E-state index contributed by atoms with van der Waals surface area (Å²) in [5, 5.41) is 13.8. The van der Waals surface area contributed by atoms with E-state index >= 15 is 0 Å². The summed E-state index contributed by atoms with van der Waals surface area (Å²) < 4.78 is 1.04. The minimum absolute atomic E-state index is 0.371. The van der Waals surface area contributed by atoms with Crippen molar-refractivity contribution in [2.24, 2.45) is 0 Å². The van der Waals surface area contributed by atoms with Gasteiger partial charge in [0.1, 0.15) is 4.88 Å². The van der Waals surface area contributed by atoms with Gasteiger partial charge < -0.3 is 10.4 Å². The van der Waals surface area contributed by atoms with Crippen molar-refractivity contribution >= 4 is 39.2 Å². The summed E-state index contributed by atoms with van der Waals surface area (Å²) in [5.74, 6) is 0.181. The number of carboxylic acid groups (broad SMARTS) is 1. The minimum Gasteiger partial charge on any atom is -0.477 e. The van der Waals surface area contributed by atoms with Crippen LogP contribution in [0.15, 0.2) is 24.3 Å². The third-order valence-electron chi connectivity index (χ3n) is 2.94. The second-order valence-electron chi connectivity index (χ2n) is 4.45. The summed E-state index contributed by atoms with van der Waals surface area (Å²) in [6.07, 6.45) is 2.07. The van der Waals surface area contributed by atoms with Gasteiger partial charge in [0.25, 0.3) is 0 Å². The van der Waals surface area contributed by atoms with E-state index in [-0.39, 0.29) is 0 Å². The zero-order chi connectivity index (χ0) is 13.8. The van der Waals surface area contributed by atoms with Crippen LogP contribution in [0.25, 0.3) is 10.1 Å². The summed E-state index contributed by atoms with van der Waals surface area (Å²) in [5.41, 5.74) is 0.904. The maximum Gasteiger partial charge on any atom is 0.346 e. The first-order chi connectivity index (χ1) is 9.13. The summed E-state index contributed by atoms with van der Waals surface area (Å²) in [4.78, 5) is 11.8. The Bertz CT molecular complexity index is 580. The second-order valence-corrected chi connectivity index (χ2v) is 6.41. The van der Waals surface area contributed by atoms with Crippen molar-refractivity contribution in [3.05, 3.63) is 34.7 Å². The molecule has 1 aromatic heterocycles. The van der Waals surface area contributed by atoms with E-state index < -0.39 is 5.97 Å². The Morgan fingerprint density at radius 2 is 2.21 bits per heavy atom. The summed E-state index contributed by atoms with van der Waals surface area (Å²) in [6.45, 7) is 2.72. The van der Waals surface area contributed by atoms with Crippen LogP contribution in [0.2, 0.25) is 0 Å². The van der Waals surface area contributed by atoms with Gasteiger partial charge in [-0.3, -0.25) is 0 Å². The number of thiophene rings is 1. The lowest BCUT2D eigenvalue weighted by molar-refractivity contribution is 0.0701. The number of rotatable bonds is 6. The molecular weight excluding hydrogens is 278 g/mol. The monoisotopic (exact) mass is 295 g/mol. The number of carbonyl (C=O) groups is 1. The zero-order valence-electron chi connectivity index (χ0n) is 11.0. The Morgan fingerprint density at radius 1 is 1.47 bits per heavy atom. The summed E-state index contributed by atoms with van der Waals surface area (Å²) in [7, 11) is 0. The lowest BCUT2D eigenvalue weighted by atomic mass is 10.1. The number of hydrogen-bond acceptors (Lipinski definition) is 4. The van der Waals surface area contributed by atoms with Crippen LogP contribution < -0.4 is 5.32 Å². The van der Waals surface area contributed by atoms with Crippen LogP contribution in [0, 0.1) is 0 Å². The van der Waals surface area contributed by atoms with Crippen molar-refractivity contribution in [3.8, 4) is 0 Å². The first kappa shape index (κ1) is 14.4. The van der Waals surface area contributed by atoms with E-state index in [4.69, 9.17) is 0 Å². The Balaban J connectivity index is 2.29. The van der Waals surface area contributed by atoms with Gasteiger partial charge in [-0.2, -0.15) is 11.8 Å². The van der Waals surface area contributed by atoms with Gasteiger partial charge in [-0.15, -0.1) is 11.3 Å². The highest BCUT2D eigenvalue weighted by Crippen LogP contribution is 2.31. The molecule has 0 radical (unpaired) electrons. The normalized spacial score (nSPS) is 12.7. The van der Waals surface area contributed by atoms with Crippen LogP contribution in [0.4, 0.5) is 0 Å². The Hall–Kier alpha value is -1.04. The third kappa shape index (κ3) is 3.29. The lowest BCUT2D eigenvalue weighted by Gasteiger charge is -2.12. The molecule has 0 saturated carbocycles. The van der Waals surface area contributed by atoms with E-state index in [1.165, 1.54) is 11.3 Å². The fraction of sp³-hybridized carbons (Fsp3) is 0.357. The second kappa shape index (κ2) is 6.41. The summed E-state index contributed by atoms with van der Waals surface area (Å²) >= 11 is 3.14. The molecule has 3 nitrogen and oxygen atoms in total. The van der Waals surface area contributed by atoms with Crippen LogP contribution >= 0.6 is 23.1 Å². The highest BCUT2D eigenvalue weighted by molar-refractivity contribution is 7.98. The summed E-state index contributed by atoms with van der Waals surface area (Å²) in [6, 6.07) is 8.24.